The van der Waals surface area contributed by atoms with Crippen molar-refractivity contribution in [2.45, 2.75) is 18.9 Å². The van der Waals surface area contributed by atoms with E-state index in [1.54, 1.807) is 29.2 Å². The van der Waals surface area contributed by atoms with E-state index in [1.165, 1.54) is 4.90 Å². The van der Waals surface area contributed by atoms with Crippen LogP contribution < -0.4 is 16.0 Å². The molecule has 0 radical (unpaired) electrons. The lowest BCUT2D eigenvalue weighted by Crippen LogP contribution is -2.33. The van der Waals surface area contributed by atoms with Crippen molar-refractivity contribution in [2.75, 3.05) is 16.8 Å². The Morgan fingerprint density at radius 1 is 1.30 bits per heavy atom. The van der Waals surface area contributed by atoms with Gasteiger partial charge in [-0.2, -0.15) is 0 Å². The quantitative estimate of drug-likeness (QED) is 0.633. The second kappa shape index (κ2) is 4.75. The van der Waals surface area contributed by atoms with Crippen molar-refractivity contribution < 1.29 is 9.59 Å². The molecule has 2 heterocycles. The molecule has 0 spiro atoms. The predicted octanol–water partition coefficient (Wildman–Crippen LogP) is 1.27. The molecule has 1 atom stereocenters. The highest BCUT2D eigenvalue weighted by Gasteiger charge is 2.47. The summed E-state index contributed by atoms with van der Waals surface area (Å²) >= 11 is 4.75. The monoisotopic (exact) mass is 290 g/mol. The van der Waals surface area contributed by atoms with Crippen LogP contribution >= 0.6 is 12.2 Å². The number of amides is 3. The maximum atomic E-state index is 12.3. The van der Waals surface area contributed by atoms with E-state index >= 15 is 0 Å². The number of rotatable bonds is 2. The van der Waals surface area contributed by atoms with Gasteiger partial charge in [-0.1, -0.05) is 0 Å². The number of hydrogen-bond acceptors (Lipinski definition) is 3. The Balaban J connectivity index is 1.84. The zero-order valence-electron chi connectivity index (χ0n) is 10.7. The van der Waals surface area contributed by atoms with Crippen molar-refractivity contribution >= 4 is 40.6 Å². The summed E-state index contributed by atoms with van der Waals surface area (Å²) in [7, 11) is 0. The number of anilines is 2. The third kappa shape index (κ3) is 2.00. The van der Waals surface area contributed by atoms with Crippen LogP contribution in [0, 0.1) is 0 Å². The summed E-state index contributed by atoms with van der Waals surface area (Å²) in [6, 6.07) is 6.37. The number of nitrogens with zero attached hydrogens (tertiary/aromatic N) is 2. The highest BCUT2D eigenvalue weighted by molar-refractivity contribution is 7.80. The second-order valence-corrected chi connectivity index (χ2v) is 5.28. The van der Waals surface area contributed by atoms with Gasteiger partial charge in [0.15, 0.2) is 5.11 Å². The molecule has 2 saturated heterocycles. The highest BCUT2D eigenvalue weighted by atomic mass is 32.1. The summed E-state index contributed by atoms with van der Waals surface area (Å²) in [5.41, 5.74) is 6.68. The Morgan fingerprint density at radius 3 is 2.60 bits per heavy atom. The number of nitrogens with one attached hydrogen (secondary N) is 1. The Kier molecular flexibility index (Phi) is 3.06. The topological polar surface area (TPSA) is 78.7 Å². The lowest BCUT2D eigenvalue weighted by molar-refractivity contribution is -0.119. The molecule has 1 aromatic rings. The molecule has 2 fully saturated rings. The van der Waals surface area contributed by atoms with Gasteiger partial charge in [0.25, 0.3) is 5.91 Å². The molecule has 0 saturated carbocycles. The molecule has 7 heteroatoms. The normalized spacial score (nSPS) is 21.3. The molecule has 20 heavy (non-hydrogen) atoms. The van der Waals surface area contributed by atoms with Crippen LogP contribution in [-0.2, 0) is 4.79 Å². The molecule has 6 nitrogen and oxygen atoms in total. The maximum absolute atomic E-state index is 12.3. The molecule has 1 aromatic carbocycles. The molecule has 1 unspecified atom stereocenters. The number of thiocarbonyl (C=S) groups is 1. The van der Waals surface area contributed by atoms with Crippen LogP contribution in [0.2, 0.25) is 0 Å². The largest absolute Gasteiger partial charge is 0.376 e. The Morgan fingerprint density at radius 2 is 2.00 bits per heavy atom. The van der Waals surface area contributed by atoms with E-state index in [-0.39, 0.29) is 23.1 Å². The molecule has 2 aliphatic heterocycles. The van der Waals surface area contributed by atoms with Crippen molar-refractivity contribution in [3.8, 4) is 0 Å². The maximum Gasteiger partial charge on any atom is 0.332 e. The molecule has 3 amide bonds. The second-order valence-electron chi connectivity index (χ2n) is 4.84. The summed E-state index contributed by atoms with van der Waals surface area (Å²) < 4.78 is 0. The molecule has 0 aliphatic carbocycles. The first-order chi connectivity index (χ1) is 9.58. The Labute approximate surface area is 121 Å². The van der Waals surface area contributed by atoms with Crippen molar-refractivity contribution in [3.63, 3.8) is 0 Å². The van der Waals surface area contributed by atoms with Crippen molar-refractivity contribution in [1.29, 1.82) is 0 Å². The summed E-state index contributed by atoms with van der Waals surface area (Å²) in [4.78, 5) is 27.4. The highest BCUT2D eigenvalue weighted by Crippen LogP contribution is 2.31. The molecule has 3 N–H and O–H groups in total. The molecule has 104 valence electrons. The fourth-order valence-electron chi connectivity index (χ4n) is 2.70. The summed E-state index contributed by atoms with van der Waals surface area (Å²) in [6.07, 6.45) is 1.65. The number of fused-ring (bicyclic) bond motifs is 1. The molecular weight excluding hydrogens is 276 g/mol. The summed E-state index contributed by atoms with van der Waals surface area (Å²) in [5.74, 6) is -0.137. The van der Waals surface area contributed by atoms with E-state index in [4.69, 9.17) is 18.0 Å². The summed E-state index contributed by atoms with van der Waals surface area (Å²) in [5, 5.41) is 2.97. The zero-order valence-corrected chi connectivity index (χ0v) is 11.5. The third-order valence-electron chi connectivity index (χ3n) is 3.59. The van der Waals surface area contributed by atoms with E-state index in [9.17, 15) is 9.59 Å². The van der Waals surface area contributed by atoms with Gasteiger partial charge in [-0.05, 0) is 49.3 Å². The Hall–Kier alpha value is -2.15. The smallest absolute Gasteiger partial charge is 0.332 e. The van der Waals surface area contributed by atoms with Crippen LogP contribution in [-0.4, -0.2) is 34.5 Å². The lowest BCUT2D eigenvalue weighted by atomic mass is 10.2. The van der Waals surface area contributed by atoms with Crippen LogP contribution in [0.25, 0.3) is 0 Å². The van der Waals surface area contributed by atoms with Gasteiger partial charge in [-0.25, -0.2) is 9.69 Å². The van der Waals surface area contributed by atoms with E-state index < -0.39 is 0 Å². The van der Waals surface area contributed by atoms with Gasteiger partial charge in [-0.15, -0.1) is 0 Å². The first-order valence-corrected chi connectivity index (χ1v) is 6.80. The fraction of sp³-hybridized carbons (Fsp3) is 0.308. The van der Waals surface area contributed by atoms with Crippen molar-refractivity contribution in [2.24, 2.45) is 5.73 Å². The fourth-order valence-corrected chi connectivity index (χ4v) is 2.82. The predicted molar refractivity (Wildman–Crippen MR) is 79.5 cm³/mol. The van der Waals surface area contributed by atoms with Gasteiger partial charge in [-0.3, -0.25) is 4.79 Å². The SMILES string of the molecule is NC(=S)Nc1ccc(N2C(=O)C3CCCN3C2=O)cc1. The number of urea groups is 1. The molecule has 0 bridgehead atoms. The summed E-state index contributed by atoms with van der Waals surface area (Å²) in [6.45, 7) is 0.660. The van der Waals surface area contributed by atoms with Gasteiger partial charge in [0.05, 0.1) is 5.69 Å². The van der Waals surface area contributed by atoms with Gasteiger partial charge < -0.3 is 16.0 Å². The van der Waals surface area contributed by atoms with E-state index in [2.05, 4.69) is 5.32 Å². The van der Waals surface area contributed by atoms with Crippen LogP contribution in [0.4, 0.5) is 16.2 Å². The number of carbonyl (C=O) groups is 2. The first kappa shape index (κ1) is 12.9. The molecular formula is C13H14N4O2S. The average molecular weight is 290 g/mol. The van der Waals surface area contributed by atoms with Crippen LogP contribution in [0.15, 0.2) is 24.3 Å². The van der Waals surface area contributed by atoms with E-state index in [1.807, 2.05) is 0 Å². The standard InChI is InChI=1S/C13H14N4O2S/c14-12(20)15-8-3-5-9(6-4-8)17-11(18)10-2-1-7-16(10)13(17)19/h3-6,10H,1-2,7H2,(H3,14,15,20). The van der Waals surface area contributed by atoms with Gasteiger partial charge >= 0.3 is 6.03 Å². The van der Waals surface area contributed by atoms with E-state index in [0.717, 1.165) is 18.5 Å². The molecule has 3 rings (SSSR count). The van der Waals surface area contributed by atoms with Crippen LogP contribution in [0.3, 0.4) is 0 Å². The van der Waals surface area contributed by atoms with E-state index in [0.29, 0.717) is 12.2 Å². The van der Waals surface area contributed by atoms with Crippen molar-refractivity contribution in [1.82, 2.24) is 4.90 Å². The van der Waals surface area contributed by atoms with Gasteiger partial charge in [0.1, 0.15) is 6.04 Å². The number of nitrogens with two attached hydrogens (primary N) is 1. The Bertz CT molecular complexity index is 565. The zero-order chi connectivity index (χ0) is 14.3. The molecule has 0 aromatic heterocycles. The minimum Gasteiger partial charge on any atom is -0.376 e. The minimum absolute atomic E-state index is 0.137. The first-order valence-electron chi connectivity index (χ1n) is 6.39. The number of hydrogen-bond donors (Lipinski definition) is 2. The minimum atomic E-state index is -0.281. The van der Waals surface area contributed by atoms with Gasteiger partial charge in [0, 0.05) is 12.2 Å². The average Bonchev–Trinajstić information content (AvgIpc) is 2.96. The number of imide groups is 1. The lowest BCUT2D eigenvalue weighted by Gasteiger charge is -2.16. The van der Waals surface area contributed by atoms with Crippen LogP contribution in [0.5, 0.6) is 0 Å². The van der Waals surface area contributed by atoms with Gasteiger partial charge in [0.2, 0.25) is 0 Å². The molecule has 2 aliphatic rings. The van der Waals surface area contributed by atoms with Crippen LogP contribution in [0.1, 0.15) is 12.8 Å². The third-order valence-corrected chi connectivity index (χ3v) is 3.69. The number of carbonyl (C=O) groups excluding carboxylic acids is 2. The number of benzene rings is 1. The van der Waals surface area contributed by atoms with Crippen molar-refractivity contribution in [3.05, 3.63) is 24.3 Å².